The van der Waals surface area contributed by atoms with Gasteiger partial charge in [0.25, 0.3) is 0 Å². The lowest BCUT2D eigenvalue weighted by atomic mass is 10.3. The van der Waals surface area contributed by atoms with Crippen molar-refractivity contribution < 1.29 is 14.3 Å². The van der Waals surface area contributed by atoms with Crippen LogP contribution in [0.15, 0.2) is 11.6 Å². The average Bonchev–Trinajstić information content (AvgIpc) is 2.82. The SMILES string of the molecule is COC(=O)C1CN(c2nccs2)CCO1. The van der Waals surface area contributed by atoms with E-state index in [1.165, 1.54) is 7.11 Å². The van der Waals surface area contributed by atoms with Gasteiger partial charge in [0.2, 0.25) is 0 Å². The minimum absolute atomic E-state index is 0.323. The Balaban J connectivity index is 2.01. The molecular weight excluding hydrogens is 216 g/mol. The second kappa shape index (κ2) is 4.59. The number of methoxy groups -OCH3 is 1. The number of thiazole rings is 1. The highest BCUT2D eigenvalue weighted by molar-refractivity contribution is 7.13. The molecule has 1 aromatic heterocycles. The summed E-state index contributed by atoms with van der Waals surface area (Å²) in [5.74, 6) is -0.323. The van der Waals surface area contributed by atoms with Gasteiger partial charge in [-0.05, 0) is 0 Å². The maximum absolute atomic E-state index is 11.3. The van der Waals surface area contributed by atoms with Crippen molar-refractivity contribution in [2.75, 3.05) is 31.7 Å². The van der Waals surface area contributed by atoms with Crippen molar-refractivity contribution in [3.8, 4) is 0 Å². The van der Waals surface area contributed by atoms with E-state index in [0.717, 1.165) is 11.7 Å². The van der Waals surface area contributed by atoms with E-state index in [0.29, 0.717) is 13.2 Å². The van der Waals surface area contributed by atoms with Crippen molar-refractivity contribution >= 4 is 22.4 Å². The maximum atomic E-state index is 11.3. The van der Waals surface area contributed by atoms with Crippen LogP contribution in [0.1, 0.15) is 0 Å². The molecular formula is C9H12N2O3S. The van der Waals surface area contributed by atoms with Gasteiger partial charge in [-0.2, -0.15) is 0 Å². The van der Waals surface area contributed by atoms with Crippen LogP contribution >= 0.6 is 11.3 Å². The summed E-state index contributed by atoms with van der Waals surface area (Å²) in [6.45, 7) is 1.81. The number of ether oxygens (including phenoxy) is 2. The number of nitrogens with zero attached hydrogens (tertiary/aromatic N) is 2. The number of hydrogen-bond donors (Lipinski definition) is 0. The van der Waals surface area contributed by atoms with Gasteiger partial charge in [-0.1, -0.05) is 0 Å². The Bertz CT molecular complexity index is 328. The van der Waals surface area contributed by atoms with E-state index in [9.17, 15) is 4.79 Å². The van der Waals surface area contributed by atoms with Gasteiger partial charge in [-0.25, -0.2) is 9.78 Å². The summed E-state index contributed by atoms with van der Waals surface area (Å²) in [5.41, 5.74) is 0. The molecule has 1 aliphatic heterocycles. The molecule has 0 bridgehead atoms. The molecule has 15 heavy (non-hydrogen) atoms. The summed E-state index contributed by atoms with van der Waals surface area (Å²) in [5, 5.41) is 2.84. The molecule has 1 fully saturated rings. The highest BCUT2D eigenvalue weighted by Gasteiger charge is 2.28. The van der Waals surface area contributed by atoms with Crippen molar-refractivity contribution in [1.29, 1.82) is 0 Å². The van der Waals surface area contributed by atoms with E-state index in [1.54, 1.807) is 17.5 Å². The molecule has 2 heterocycles. The smallest absolute Gasteiger partial charge is 0.336 e. The number of carbonyl (C=O) groups is 1. The van der Waals surface area contributed by atoms with Crippen LogP contribution in [0.5, 0.6) is 0 Å². The summed E-state index contributed by atoms with van der Waals surface area (Å²) in [6, 6.07) is 0. The molecule has 1 aromatic rings. The lowest BCUT2D eigenvalue weighted by Gasteiger charge is -2.31. The zero-order chi connectivity index (χ0) is 10.7. The number of morpholine rings is 1. The number of anilines is 1. The quantitative estimate of drug-likeness (QED) is 0.691. The summed E-state index contributed by atoms with van der Waals surface area (Å²) in [6.07, 6.45) is 1.26. The number of hydrogen-bond acceptors (Lipinski definition) is 6. The predicted molar refractivity (Wildman–Crippen MR) is 56.1 cm³/mol. The standard InChI is InChI=1S/C9H12N2O3S/c1-13-8(12)7-6-11(3-4-14-7)9-10-2-5-15-9/h2,5,7H,3-4,6H2,1H3. The molecule has 1 aliphatic rings. The lowest BCUT2D eigenvalue weighted by Crippen LogP contribution is -2.46. The molecule has 0 radical (unpaired) electrons. The summed E-state index contributed by atoms with van der Waals surface area (Å²) < 4.78 is 9.97. The summed E-state index contributed by atoms with van der Waals surface area (Å²) >= 11 is 1.56. The van der Waals surface area contributed by atoms with Crippen LogP contribution in [0, 0.1) is 0 Å². The third kappa shape index (κ3) is 2.27. The van der Waals surface area contributed by atoms with Gasteiger partial charge in [0, 0.05) is 18.1 Å². The monoisotopic (exact) mass is 228 g/mol. The van der Waals surface area contributed by atoms with Gasteiger partial charge in [0.1, 0.15) is 0 Å². The first-order valence-electron chi connectivity index (χ1n) is 4.65. The van der Waals surface area contributed by atoms with Crippen LogP contribution in [0.2, 0.25) is 0 Å². The molecule has 0 N–H and O–H groups in total. The molecule has 2 rings (SSSR count). The number of aromatic nitrogens is 1. The van der Waals surface area contributed by atoms with E-state index in [4.69, 9.17) is 4.74 Å². The van der Waals surface area contributed by atoms with Gasteiger partial charge in [0.15, 0.2) is 11.2 Å². The van der Waals surface area contributed by atoms with Crippen LogP contribution in [0.4, 0.5) is 5.13 Å². The van der Waals surface area contributed by atoms with Crippen molar-refractivity contribution in [3.63, 3.8) is 0 Å². The first kappa shape index (κ1) is 10.4. The Hall–Kier alpha value is -1.14. The Labute approximate surface area is 91.6 Å². The number of esters is 1. The predicted octanol–water partition coefficient (Wildman–Crippen LogP) is 0.521. The Morgan fingerprint density at radius 2 is 2.67 bits per heavy atom. The molecule has 6 heteroatoms. The fraction of sp³-hybridized carbons (Fsp3) is 0.556. The zero-order valence-corrected chi connectivity index (χ0v) is 9.20. The van der Waals surface area contributed by atoms with Crippen molar-refractivity contribution in [3.05, 3.63) is 11.6 Å². The maximum Gasteiger partial charge on any atom is 0.336 e. The first-order valence-corrected chi connectivity index (χ1v) is 5.53. The molecule has 1 unspecified atom stereocenters. The Morgan fingerprint density at radius 3 is 3.33 bits per heavy atom. The average molecular weight is 228 g/mol. The van der Waals surface area contributed by atoms with E-state index in [1.807, 2.05) is 10.3 Å². The second-order valence-electron chi connectivity index (χ2n) is 3.14. The summed E-state index contributed by atoms with van der Waals surface area (Å²) in [4.78, 5) is 17.5. The molecule has 0 aliphatic carbocycles. The van der Waals surface area contributed by atoms with E-state index < -0.39 is 6.10 Å². The van der Waals surface area contributed by atoms with Crippen LogP contribution in [-0.2, 0) is 14.3 Å². The molecule has 1 atom stereocenters. The Morgan fingerprint density at radius 1 is 1.80 bits per heavy atom. The lowest BCUT2D eigenvalue weighted by molar-refractivity contribution is -0.154. The van der Waals surface area contributed by atoms with Crippen LogP contribution < -0.4 is 4.90 Å². The van der Waals surface area contributed by atoms with E-state index in [2.05, 4.69) is 9.72 Å². The normalized spacial score (nSPS) is 21.4. The fourth-order valence-electron chi connectivity index (χ4n) is 1.47. The van der Waals surface area contributed by atoms with Gasteiger partial charge >= 0.3 is 5.97 Å². The third-order valence-electron chi connectivity index (χ3n) is 2.22. The molecule has 82 valence electrons. The highest BCUT2D eigenvalue weighted by Crippen LogP contribution is 2.20. The van der Waals surface area contributed by atoms with Crippen molar-refractivity contribution in [2.45, 2.75) is 6.10 Å². The minimum Gasteiger partial charge on any atom is -0.467 e. The molecule has 0 aromatic carbocycles. The minimum atomic E-state index is -0.493. The van der Waals surface area contributed by atoms with Gasteiger partial charge in [-0.3, -0.25) is 0 Å². The van der Waals surface area contributed by atoms with Crippen LogP contribution in [0.25, 0.3) is 0 Å². The molecule has 0 amide bonds. The largest absolute Gasteiger partial charge is 0.467 e. The van der Waals surface area contributed by atoms with Gasteiger partial charge < -0.3 is 14.4 Å². The third-order valence-corrected chi connectivity index (χ3v) is 3.05. The van der Waals surface area contributed by atoms with Crippen LogP contribution in [0.3, 0.4) is 0 Å². The fourth-order valence-corrected chi connectivity index (χ4v) is 2.15. The summed E-state index contributed by atoms with van der Waals surface area (Å²) in [7, 11) is 1.37. The topological polar surface area (TPSA) is 51.7 Å². The van der Waals surface area contributed by atoms with Gasteiger partial charge in [-0.15, -0.1) is 11.3 Å². The first-order chi connectivity index (χ1) is 7.31. The number of carbonyl (C=O) groups excluding carboxylic acids is 1. The Kier molecular flexibility index (Phi) is 3.17. The highest BCUT2D eigenvalue weighted by atomic mass is 32.1. The molecule has 0 saturated carbocycles. The van der Waals surface area contributed by atoms with Crippen LogP contribution in [-0.4, -0.2) is 43.9 Å². The van der Waals surface area contributed by atoms with Crippen molar-refractivity contribution in [2.24, 2.45) is 0 Å². The van der Waals surface area contributed by atoms with E-state index >= 15 is 0 Å². The van der Waals surface area contributed by atoms with E-state index in [-0.39, 0.29) is 5.97 Å². The molecule has 0 spiro atoms. The van der Waals surface area contributed by atoms with Gasteiger partial charge in [0.05, 0.1) is 20.3 Å². The zero-order valence-electron chi connectivity index (χ0n) is 8.38. The second-order valence-corrected chi connectivity index (χ2v) is 4.02. The number of rotatable bonds is 2. The van der Waals surface area contributed by atoms with Crippen molar-refractivity contribution in [1.82, 2.24) is 4.98 Å². The molecule has 5 nitrogen and oxygen atoms in total. The molecule has 1 saturated heterocycles.